The highest BCUT2D eigenvalue weighted by molar-refractivity contribution is 5.79. The first kappa shape index (κ1) is 15.9. The molecule has 0 aliphatic carbocycles. The zero-order valence-corrected chi connectivity index (χ0v) is 15.2. The zero-order chi connectivity index (χ0) is 18.2. The van der Waals surface area contributed by atoms with E-state index in [2.05, 4.69) is 70.5 Å². The molecule has 0 saturated carbocycles. The van der Waals surface area contributed by atoms with Crippen molar-refractivity contribution in [2.75, 3.05) is 12.4 Å². The van der Waals surface area contributed by atoms with Gasteiger partial charge in [-0.2, -0.15) is 0 Å². The molecule has 1 N–H and O–H groups in total. The maximum absolute atomic E-state index is 5.34. The summed E-state index contributed by atoms with van der Waals surface area (Å²) < 4.78 is 7.67. The standard InChI is InChI=1S/C23H21N3O/c1-27-18-13-11-17(12-14-18)22-15-20(16-7-3-2-4-8-16)25-23-24-19-9-5-6-10-21(19)26(22)23/h2-14,20,22H,15H2,1H3,(H,24,25)/t20-,22+/m1/s1. The van der Waals surface area contributed by atoms with E-state index >= 15 is 0 Å². The molecule has 1 aliphatic rings. The van der Waals surface area contributed by atoms with Crippen molar-refractivity contribution in [2.45, 2.75) is 18.5 Å². The lowest BCUT2D eigenvalue weighted by Gasteiger charge is -2.33. The maximum atomic E-state index is 5.34. The van der Waals surface area contributed by atoms with Gasteiger partial charge in [-0.05, 0) is 41.8 Å². The number of ether oxygens (including phenoxy) is 1. The van der Waals surface area contributed by atoms with E-state index in [9.17, 15) is 0 Å². The number of rotatable bonds is 3. The van der Waals surface area contributed by atoms with E-state index < -0.39 is 0 Å². The third-order valence-electron chi connectivity index (χ3n) is 5.37. The van der Waals surface area contributed by atoms with Crippen LogP contribution in [-0.4, -0.2) is 16.7 Å². The highest BCUT2D eigenvalue weighted by Gasteiger charge is 2.30. The smallest absolute Gasteiger partial charge is 0.204 e. The number of nitrogens with zero attached hydrogens (tertiary/aromatic N) is 2. The van der Waals surface area contributed by atoms with E-state index in [1.54, 1.807) is 7.11 Å². The minimum atomic E-state index is 0.213. The summed E-state index contributed by atoms with van der Waals surface area (Å²) in [7, 11) is 1.70. The highest BCUT2D eigenvalue weighted by atomic mass is 16.5. The van der Waals surface area contributed by atoms with Crippen LogP contribution in [0.4, 0.5) is 5.95 Å². The highest BCUT2D eigenvalue weighted by Crippen LogP contribution is 2.41. The Balaban J connectivity index is 1.65. The molecule has 4 nitrogen and oxygen atoms in total. The summed E-state index contributed by atoms with van der Waals surface area (Å²) in [6.07, 6.45) is 0.962. The summed E-state index contributed by atoms with van der Waals surface area (Å²) in [4.78, 5) is 4.87. The van der Waals surface area contributed by atoms with Gasteiger partial charge in [0.2, 0.25) is 5.95 Å². The van der Waals surface area contributed by atoms with Crippen molar-refractivity contribution < 1.29 is 4.74 Å². The molecule has 2 heterocycles. The molecule has 0 saturated heterocycles. The van der Waals surface area contributed by atoms with Gasteiger partial charge in [-0.15, -0.1) is 0 Å². The third-order valence-corrected chi connectivity index (χ3v) is 5.37. The number of hydrogen-bond acceptors (Lipinski definition) is 3. The van der Waals surface area contributed by atoms with Crippen molar-refractivity contribution in [1.29, 1.82) is 0 Å². The SMILES string of the molecule is COc1ccc([C@@H]2C[C@H](c3ccccc3)Nc3nc4ccccc4n32)cc1. The Morgan fingerprint density at radius 2 is 1.63 bits per heavy atom. The van der Waals surface area contributed by atoms with Crippen molar-refractivity contribution in [3.63, 3.8) is 0 Å². The number of para-hydroxylation sites is 2. The molecule has 0 bridgehead atoms. The number of anilines is 1. The Morgan fingerprint density at radius 1 is 0.889 bits per heavy atom. The fourth-order valence-corrected chi connectivity index (χ4v) is 4.02. The number of benzene rings is 3. The van der Waals surface area contributed by atoms with Crippen LogP contribution in [0.2, 0.25) is 0 Å². The second kappa shape index (κ2) is 6.47. The molecule has 2 atom stereocenters. The van der Waals surface area contributed by atoms with Crippen LogP contribution in [-0.2, 0) is 0 Å². The predicted molar refractivity (Wildman–Crippen MR) is 108 cm³/mol. The lowest BCUT2D eigenvalue weighted by Crippen LogP contribution is -2.27. The molecule has 1 aromatic heterocycles. The Morgan fingerprint density at radius 3 is 2.41 bits per heavy atom. The average Bonchev–Trinajstić information content (AvgIpc) is 3.12. The summed E-state index contributed by atoms with van der Waals surface area (Å²) in [5.41, 5.74) is 4.73. The van der Waals surface area contributed by atoms with Crippen LogP contribution in [0.15, 0.2) is 78.9 Å². The largest absolute Gasteiger partial charge is 0.497 e. The molecule has 3 aromatic carbocycles. The van der Waals surface area contributed by atoms with E-state index in [0.717, 1.165) is 29.2 Å². The van der Waals surface area contributed by atoms with Crippen LogP contribution in [0.1, 0.15) is 29.6 Å². The van der Waals surface area contributed by atoms with Gasteiger partial charge in [-0.3, -0.25) is 0 Å². The predicted octanol–water partition coefficient (Wildman–Crippen LogP) is 5.19. The number of nitrogens with one attached hydrogen (secondary N) is 1. The molecule has 4 aromatic rings. The van der Waals surface area contributed by atoms with Crippen molar-refractivity contribution in [3.05, 3.63) is 90.0 Å². The average molecular weight is 355 g/mol. The molecular formula is C23H21N3O. The van der Waals surface area contributed by atoms with Crippen molar-refractivity contribution in [1.82, 2.24) is 9.55 Å². The van der Waals surface area contributed by atoms with E-state index in [0.29, 0.717) is 0 Å². The van der Waals surface area contributed by atoms with Gasteiger partial charge in [0, 0.05) is 0 Å². The number of methoxy groups -OCH3 is 1. The molecule has 1 aliphatic heterocycles. The molecule has 0 radical (unpaired) electrons. The Bertz CT molecular complexity index is 1070. The van der Waals surface area contributed by atoms with Crippen molar-refractivity contribution >= 4 is 17.0 Å². The summed E-state index contributed by atoms with van der Waals surface area (Å²) in [6.45, 7) is 0. The summed E-state index contributed by atoms with van der Waals surface area (Å²) in [6, 6.07) is 27.8. The third kappa shape index (κ3) is 2.74. The summed E-state index contributed by atoms with van der Waals surface area (Å²) >= 11 is 0. The Labute approximate surface area is 158 Å². The number of imidazole rings is 1. The monoisotopic (exact) mass is 355 g/mol. The molecule has 0 fully saturated rings. The van der Waals surface area contributed by atoms with Gasteiger partial charge in [-0.1, -0.05) is 54.6 Å². The molecule has 4 heteroatoms. The van der Waals surface area contributed by atoms with Crippen LogP contribution in [0.5, 0.6) is 5.75 Å². The minimum Gasteiger partial charge on any atom is -0.497 e. The summed E-state index contributed by atoms with van der Waals surface area (Å²) in [5, 5.41) is 3.65. The first-order valence-electron chi connectivity index (χ1n) is 9.26. The lowest BCUT2D eigenvalue weighted by atomic mass is 9.93. The zero-order valence-electron chi connectivity index (χ0n) is 15.2. The number of hydrogen-bond donors (Lipinski definition) is 1. The van der Waals surface area contributed by atoms with Gasteiger partial charge in [0.05, 0.1) is 30.2 Å². The Kier molecular flexibility index (Phi) is 3.82. The molecule has 0 unspecified atom stereocenters. The normalized spacial score (nSPS) is 18.7. The topological polar surface area (TPSA) is 39.1 Å². The van der Waals surface area contributed by atoms with E-state index in [1.807, 2.05) is 18.2 Å². The van der Waals surface area contributed by atoms with Crippen LogP contribution >= 0.6 is 0 Å². The van der Waals surface area contributed by atoms with Gasteiger partial charge >= 0.3 is 0 Å². The second-order valence-electron chi connectivity index (χ2n) is 6.93. The Hall–Kier alpha value is -3.27. The fourth-order valence-electron chi connectivity index (χ4n) is 4.02. The van der Waals surface area contributed by atoms with Crippen LogP contribution < -0.4 is 10.1 Å². The summed E-state index contributed by atoms with van der Waals surface area (Å²) in [5.74, 6) is 1.81. The maximum Gasteiger partial charge on any atom is 0.204 e. The van der Waals surface area contributed by atoms with Gasteiger partial charge in [0.1, 0.15) is 5.75 Å². The van der Waals surface area contributed by atoms with E-state index in [-0.39, 0.29) is 12.1 Å². The van der Waals surface area contributed by atoms with Crippen molar-refractivity contribution in [3.8, 4) is 5.75 Å². The number of aromatic nitrogens is 2. The second-order valence-corrected chi connectivity index (χ2v) is 6.93. The molecule has 0 amide bonds. The van der Waals surface area contributed by atoms with Crippen LogP contribution in [0, 0.1) is 0 Å². The molecule has 0 spiro atoms. The van der Waals surface area contributed by atoms with E-state index in [1.165, 1.54) is 11.1 Å². The molecular weight excluding hydrogens is 334 g/mol. The minimum absolute atomic E-state index is 0.213. The van der Waals surface area contributed by atoms with Gasteiger partial charge in [0.15, 0.2) is 0 Å². The number of fused-ring (bicyclic) bond motifs is 3. The van der Waals surface area contributed by atoms with Gasteiger partial charge < -0.3 is 14.6 Å². The van der Waals surface area contributed by atoms with Crippen LogP contribution in [0.25, 0.3) is 11.0 Å². The van der Waals surface area contributed by atoms with Gasteiger partial charge in [0.25, 0.3) is 0 Å². The van der Waals surface area contributed by atoms with Gasteiger partial charge in [-0.25, -0.2) is 4.98 Å². The van der Waals surface area contributed by atoms with Crippen molar-refractivity contribution in [2.24, 2.45) is 0 Å². The first-order valence-corrected chi connectivity index (χ1v) is 9.26. The molecule has 27 heavy (non-hydrogen) atoms. The van der Waals surface area contributed by atoms with Crippen LogP contribution in [0.3, 0.4) is 0 Å². The quantitative estimate of drug-likeness (QED) is 0.549. The molecule has 5 rings (SSSR count). The fraction of sp³-hybridized carbons (Fsp3) is 0.174. The lowest BCUT2D eigenvalue weighted by molar-refractivity contribution is 0.414. The first-order chi connectivity index (χ1) is 13.3. The van der Waals surface area contributed by atoms with E-state index in [4.69, 9.17) is 9.72 Å². The molecule has 134 valence electrons.